The van der Waals surface area contributed by atoms with Gasteiger partial charge in [-0.2, -0.15) is 0 Å². The molecule has 0 aliphatic heterocycles. The second-order valence-electron chi connectivity index (χ2n) is 6.08. The molecule has 0 bridgehead atoms. The van der Waals surface area contributed by atoms with E-state index in [9.17, 15) is 5.11 Å². The van der Waals surface area contributed by atoms with Crippen LogP contribution in [0.3, 0.4) is 0 Å². The largest absolute Gasteiger partial charge is 0.376 e. The molecule has 0 saturated heterocycles. The third-order valence-corrected chi connectivity index (χ3v) is 4.63. The summed E-state index contributed by atoms with van der Waals surface area (Å²) in [4.78, 5) is 0. The molecule has 0 aromatic heterocycles. The Morgan fingerprint density at radius 3 is 2.14 bits per heavy atom. The van der Waals surface area contributed by atoms with Crippen molar-refractivity contribution in [2.24, 2.45) is 0 Å². The van der Waals surface area contributed by atoms with E-state index in [0.717, 1.165) is 36.8 Å². The Bertz CT molecular complexity index is 684. The molecule has 2 aromatic rings. The SMILES string of the molecule is CCCC1=C(CCC)C(O)(c2ccccc2)c2ccccc21. The van der Waals surface area contributed by atoms with Crippen LogP contribution in [0.25, 0.3) is 5.57 Å². The maximum absolute atomic E-state index is 11.7. The van der Waals surface area contributed by atoms with Crippen molar-refractivity contribution in [3.05, 3.63) is 76.9 Å². The topological polar surface area (TPSA) is 20.2 Å². The first-order chi connectivity index (χ1) is 10.7. The molecule has 22 heavy (non-hydrogen) atoms. The van der Waals surface area contributed by atoms with Gasteiger partial charge in [-0.05, 0) is 40.7 Å². The van der Waals surface area contributed by atoms with Crippen molar-refractivity contribution in [2.75, 3.05) is 0 Å². The summed E-state index contributed by atoms with van der Waals surface area (Å²) in [6.45, 7) is 4.39. The number of allylic oxidation sites excluding steroid dienone is 1. The molecule has 1 aliphatic rings. The van der Waals surface area contributed by atoms with E-state index in [1.165, 1.54) is 16.7 Å². The number of hydrogen-bond donors (Lipinski definition) is 1. The molecule has 1 heteroatoms. The van der Waals surface area contributed by atoms with Crippen LogP contribution in [0.4, 0.5) is 0 Å². The summed E-state index contributed by atoms with van der Waals surface area (Å²) in [6.07, 6.45) is 4.12. The van der Waals surface area contributed by atoms with E-state index in [0.29, 0.717) is 0 Å². The van der Waals surface area contributed by atoms with Crippen LogP contribution in [0.2, 0.25) is 0 Å². The molecule has 0 spiro atoms. The number of rotatable bonds is 5. The highest BCUT2D eigenvalue weighted by atomic mass is 16.3. The lowest BCUT2D eigenvalue weighted by Gasteiger charge is -2.29. The van der Waals surface area contributed by atoms with Crippen molar-refractivity contribution in [1.29, 1.82) is 0 Å². The molecule has 0 heterocycles. The average molecular weight is 292 g/mol. The zero-order valence-corrected chi connectivity index (χ0v) is 13.5. The lowest BCUT2D eigenvalue weighted by molar-refractivity contribution is 0.121. The van der Waals surface area contributed by atoms with E-state index < -0.39 is 5.60 Å². The van der Waals surface area contributed by atoms with Gasteiger partial charge in [0, 0.05) is 0 Å². The highest BCUT2D eigenvalue weighted by molar-refractivity contribution is 5.81. The fraction of sp³-hybridized carbons (Fsp3) is 0.333. The van der Waals surface area contributed by atoms with Crippen LogP contribution >= 0.6 is 0 Å². The van der Waals surface area contributed by atoms with Crippen LogP contribution in [0.15, 0.2) is 60.2 Å². The molecule has 0 amide bonds. The predicted molar refractivity (Wildman–Crippen MR) is 92.6 cm³/mol. The van der Waals surface area contributed by atoms with Crippen LogP contribution in [0, 0.1) is 0 Å². The van der Waals surface area contributed by atoms with Crippen LogP contribution in [-0.2, 0) is 5.60 Å². The third kappa shape index (κ3) is 2.21. The predicted octanol–water partition coefficient (Wildman–Crippen LogP) is 5.29. The third-order valence-electron chi connectivity index (χ3n) is 4.63. The van der Waals surface area contributed by atoms with Gasteiger partial charge in [-0.1, -0.05) is 81.3 Å². The lowest BCUT2D eigenvalue weighted by atomic mass is 9.81. The number of fused-ring (bicyclic) bond motifs is 1. The molecule has 114 valence electrons. The fourth-order valence-corrected chi connectivity index (χ4v) is 3.73. The molecule has 0 saturated carbocycles. The summed E-state index contributed by atoms with van der Waals surface area (Å²) in [7, 11) is 0. The molecular weight excluding hydrogens is 268 g/mol. The highest BCUT2D eigenvalue weighted by Crippen LogP contribution is 2.51. The first-order valence-electron chi connectivity index (χ1n) is 8.33. The van der Waals surface area contributed by atoms with Crippen LogP contribution in [0.1, 0.15) is 56.2 Å². The van der Waals surface area contributed by atoms with Crippen molar-refractivity contribution >= 4 is 5.57 Å². The van der Waals surface area contributed by atoms with Crippen molar-refractivity contribution in [2.45, 2.75) is 45.1 Å². The van der Waals surface area contributed by atoms with Gasteiger partial charge in [-0.25, -0.2) is 0 Å². The van der Waals surface area contributed by atoms with Crippen LogP contribution in [0.5, 0.6) is 0 Å². The summed E-state index contributed by atoms with van der Waals surface area (Å²) >= 11 is 0. The summed E-state index contributed by atoms with van der Waals surface area (Å²) in [5.74, 6) is 0. The lowest BCUT2D eigenvalue weighted by Crippen LogP contribution is -2.27. The monoisotopic (exact) mass is 292 g/mol. The van der Waals surface area contributed by atoms with Gasteiger partial charge in [-0.15, -0.1) is 0 Å². The summed E-state index contributed by atoms with van der Waals surface area (Å²) in [5.41, 5.74) is 4.86. The van der Waals surface area contributed by atoms with Crippen molar-refractivity contribution in [1.82, 2.24) is 0 Å². The second kappa shape index (κ2) is 6.10. The molecule has 1 N–H and O–H groups in total. The summed E-state index contributed by atoms with van der Waals surface area (Å²) in [6, 6.07) is 18.5. The molecular formula is C21H24O. The van der Waals surface area contributed by atoms with E-state index in [4.69, 9.17) is 0 Å². The Morgan fingerprint density at radius 2 is 1.45 bits per heavy atom. The molecule has 1 unspecified atom stereocenters. The van der Waals surface area contributed by atoms with E-state index in [1.54, 1.807) is 0 Å². The van der Waals surface area contributed by atoms with Crippen molar-refractivity contribution < 1.29 is 5.11 Å². The van der Waals surface area contributed by atoms with E-state index in [2.05, 4.69) is 32.0 Å². The zero-order chi connectivity index (χ0) is 15.6. The van der Waals surface area contributed by atoms with Crippen molar-refractivity contribution in [3.63, 3.8) is 0 Å². The Balaban J connectivity index is 2.26. The minimum atomic E-state index is -0.960. The molecule has 2 aromatic carbocycles. The van der Waals surface area contributed by atoms with Gasteiger partial charge >= 0.3 is 0 Å². The molecule has 3 rings (SSSR count). The smallest absolute Gasteiger partial charge is 0.137 e. The van der Waals surface area contributed by atoms with Crippen LogP contribution in [-0.4, -0.2) is 5.11 Å². The van der Waals surface area contributed by atoms with Crippen LogP contribution < -0.4 is 0 Å². The fourth-order valence-electron chi connectivity index (χ4n) is 3.73. The second-order valence-corrected chi connectivity index (χ2v) is 6.08. The normalized spacial score (nSPS) is 20.3. The van der Waals surface area contributed by atoms with Crippen molar-refractivity contribution in [3.8, 4) is 0 Å². The van der Waals surface area contributed by atoms with Gasteiger partial charge in [0.2, 0.25) is 0 Å². The molecule has 1 aliphatic carbocycles. The van der Waals surface area contributed by atoms with Gasteiger partial charge in [0.05, 0.1) is 0 Å². The molecule has 1 atom stereocenters. The first-order valence-corrected chi connectivity index (χ1v) is 8.33. The van der Waals surface area contributed by atoms with Gasteiger partial charge in [0.1, 0.15) is 5.60 Å². The summed E-state index contributed by atoms with van der Waals surface area (Å²) < 4.78 is 0. The number of aliphatic hydroxyl groups is 1. The molecule has 1 nitrogen and oxygen atoms in total. The summed E-state index contributed by atoms with van der Waals surface area (Å²) in [5, 5.41) is 11.7. The van der Waals surface area contributed by atoms with Gasteiger partial charge in [0.25, 0.3) is 0 Å². The Hall–Kier alpha value is -1.86. The maximum atomic E-state index is 11.7. The Morgan fingerprint density at radius 1 is 0.818 bits per heavy atom. The van der Waals surface area contributed by atoms with E-state index in [-0.39, 0.29) is 0 Å². The average Bonchev–Trinajstić information content (AvgIpc) is 2.81. The Labute approximate surface area is 133 Å². The molecule has 0 fully saturated rings. The molecule has 0 radical (unpaired) electrons. The minimum Gasteiger partial charge on any atom is -0.376 e. The first kappa shape index (κ1) is 15.1. The number of benzene rings is 2. The number of hydrogen-bond acceptors (Lipinski definition) is 1. The standard InChI is InChI=1S/C21H24O/c1-3-10-17-18-14-8-9-15-20(18)21(22,19(17)11-4-2)16-12-6-5-7-13-16/h5-9,12-15,22H,3-4,10-11H2,1-2H3. The highest BCUT2D eigenvalue weighted by Gasteiger charge is 2.43. The van der Waals surface area contributed by atoms with E-state index in [1.807, 2.05) is 36.4 Å². The Kier molecular flexibility index (Phi) is 4.17. The van der Waals surface area contributed by atoms with E-state index >= 15 is 0 Å². The zero-order valence-electron chi connectivity index (χ0n) is 13.5. The quantitative estimate of drug-likeness (QED) is 0.794. The van der Waals surface area contributed by atoms with Gasteiger partial charge in [-0.3, -0.25) is 0 Å². The minimum absolute atomic E-state index is 0.940. The maximum Gasteiger partial charge on any atom is 0.137 e. The van der Waals surface area contributed by atoms with Gasteiger partial charge < -0.3 is 5.11 Å². The van der Waals surface area contributed by atoms with Gasteiger partial charge in [0.15, 0.2) is 0 Å².